The van der Waals surface area contributed by atoms with Crippen LogP contribution in [0.15, 0.2) is 24.1 Å². The van der Waals surface area contributed by atoms with Crippen molar-refractivity contribution in [2.45, 2.75) is 77.5 Å². The Bertz CT molecular complexity index is 688. The predicted molar refractivity (Wildman–Crippen MR) is 116 cm³/mol. The van der Waals surface area contributed by atoms with Crippen molar-refractivity contribution < 1.29 is 19.4 Å². The van der Waals surface area contributed by atoms with E-state index in [4.69, 9.17) is 10.1 Å². The summed E-state index contributed by atoms with van der Waals surface area (Å²) in [7, 11) is 0. The van der Waals surface area contributed by atoms with E-state index in [1.54, 1.807) is 18.7 Å². The number of nitrogens with zero attached hydrogens (tertiary/aromatic N) is 1. The number of aliphatic hydroxyl groups is 1. The lowest BCUT2D eigenvalue weighted by atomic mass is 9.96. The Labute approximate surface area is 179 Å². The molecule has 1 fully saturated rings. The van der Waals surface area contributed by atoms with E-state index < -0.39 is 11.6 Å². The minimum Gasteiger partial charge on any atom is -0.493 e. The van der Waals surface area contributed by atoms with Gasteiger partial charge in [0, 0.05) is 18.8 Å². The zero-order valence-corrected chi connectivity index (χ0v) is 18.5. The fraction of sp³-hybridized carbons (Fsp3) is 0.682. The molecule has 30 heavy (non-hydrogen) atoms. The molecule has 4 N–H and O–H groups in total. The zero-order valence-electron chi connectivity index (χ0n) is 18.5. The fourth-order valence-electron chi connectivity index (χ4n) is 3.80. The van der Waals surface area contributed by atoms with Crippen LogP contribution in [0.25, 0.3) is 0 Å². The van der Waals surface area contributed by atoms with Crippen LogP contribution in [0.3, 0.4) is 0 Å². The highest BCUT2D eigenvalue weighted by molar-refractivity contribution is 6.05. The predicted octanol–water partition coefficient (Wildman–Crippen LogP) is 2.05. The molecule has 0 aromatic carbocycles. The van der Waals surface area contributed by atoms with Gasteiger partial charge in [-0.25, -0.2) is 0 Å². The third kappa shape index (κ3) is 7.82. The molecule has 0 bridgehead atoms. The SMILES string of the molecule is CC(C)OC1=CC(=O)N([C@@H](CC2CCCC2)C(=O)NC(=N)/C=C\NCC(C)(C)O)C1. The summed E-state index contributed by atoms with van der Waals surface area (Å²) in [5.41, 5.74) is -0.874. The van der Waals surface area contributed by atoms with Crippen molar-refractivity contribution in [3.8, 4) is 0 Å². The van der Waals surface area contributed by atoms with Crippen LogP contribution in [0.5, 0.6) is 0 Å². The maximum Gasteiger partial charge on any atom is 0.251 e. The third-order valence-corrected chi connectivity index (χ3v) is 5.15. The summed E-state index contributed by atoms with van der Waals surface area (Å²) < 4.78 is 5.67. The van der Waals surface area contributed by atoms with Crippen molar-refractivity contribution >= 4 is 17.6 Å². The molecule has 8 heteroatoms. The quantitative estimate of drug-likeness (QED) is 0.319. The number of hydrogen-bond acceptors (Lipinski definition) is 6. The van der Waals surface area contributed by atoms with Crippen molar-refractivity contribution in [3.63, 3.8) is 0 Å². The summed E-state index contributed by atoms with van der Waals surface area (Å²) in [6.45, 7) is 7.74. The van der Waals surface area contributed by atoms with Gasteiger partial charge in [-0.1, -0.05) is 25.7 Å². The molecule has 8 nitrogen and oxygen atoms in total. The van der Waals surface area contributed by atoms with E-state index in [2.05, 4.69) is 10.6 Å². The highest BCUT2D eigenvalue weighted by atomic mass is 16.5. The van der Waals surface area contributed by atoms with Crippen LogP contribution in [0, 0.1) is 11.3 Å². The molecule has 0 aromatic rings. The normalized spacial score (nSPS) is 18.8. The van der Waals surface area contributed by atoms with E-state index in [-0.39, 0.29) is 30.3 Å². The summed E-state index contributed by atoms with van der Waals surface area (Å²) in [6.07, 6.45) is 9.38. The smallest absolute Gasteiger partial charge is 0.251 e. The molecule has 0 saturated heterocycles. The van der Waals surface area contributed by atoms with E-state index in [0.29, 0.717) is 24.6 Å². The number of rotatable bonds is 10. The minimum absolute atomic E-state index is 0.0409. The van der Waals surface area contributed by atoms with Crippen LogP contribution >= 0.6 is 0 Å². The second kappa shape index (κ2) is 10.6. The molecule has 0 unspecified atom stereocenters. The lowest BCUT2D eigenvalue weighted by Crippen LogP contribution is -2.50. The van der Waals surface area contributed by atoms with Gasteiger partial charge in [0.2, 0.25) is 5.91 Å². The summed E-state index contributed by atoms with van der Waals surface area (Å²) in [5.74, 6) is 0.328. The first-order valence-corrected chi connectivity index (χ1v) is 10.7. The molecule has 1 atom stereocenters. The van der Waals surface area contributed by atoms with Crippen molar-refractivity contribution in [2.24, 2.45) is 5.92 Å². The topological polar surface area (TPSA) is 115 Å². The molecule has 1 aliphatic carbocycles. The van der Waals surface area contributed by atoms with Gasteiger partial charge < -0.3 is 25.4 Å². The van der Waals surface area contributed by atoms with Gasteiger partial charge >= 0.3 is 0 Å². The fourth-order valence-corrected chi connectivity index (χ4v) is 3.80. The molecule has 0 aromatic heterocycles. The lowest BCUT2D eigenvalue weighted by Gasteiger charge is -2.29. The van der Waals surface area contributed by atoms with Crippen LogP contribution < -0.4 is 10.6 Å². The third-order valence-electron chi connectivity index (χ3n) is 5.15. The van der Waals surface area contributed by atoms with Crippen LogP contribution in [-0.2, 0) is 14.3 Å². The van der Waals surface area contributed by atoms with Gasteiger partial charge in [-0.3, -0.25) is 15.0 Å². The van der Waals surface area contributed by atoms with Gasteiger partial charge in [0.15, 0.2) is 0 Å². The molecule has 2 amide bonds. The van der Waals surface area contributed by atoms with E-state index in [1.807, 2.05) is 13.8 Å². The van der Waals surface area contributed by atoms with Gasteiger partial charge in [-0.2, -0.15) is 0 Å². The van der Waals surface area contributed by atoms with E-state index in [9.17, 15) is 14.7 Å². The number of amidine groups is 1. The lowest BCUT2D eigenvalue weighted by molar-refractivity contribution is -0.135. The van der Waals surface area contributed by atoms with Gasteiger partial charge in [-0.15, -0.1) is 0 Å². The van der Waals surface area contributed by atoms with Crippen molar-refractivity contribution in [3.05, 3.63) is 24.1 Å². The Morgan fingerprint density at radius 2 is 2.07 bits per heavy atom. The van der Waals surface area contributed by atoms with Crippen molar-refractivity contribution in [1.29, 1.82) is 5.41 Å². The minimum atomic E-state index is -0.874. The summed E-state index contributed by atoms with van der Waals surface area (Å²) in [4.78, 5) is 27.1. The van der Waals surface area contributed by atoms with Crippen LogP contribution in [0.4, 0.5) is 0 Å². The number of nitrogens with one attached hydrogen (secondary N) is 3. The molecule has 2 aliphatic rings. The van der Waals surface area contributed by atoms with Gasteiger partial charge in [0.05, 0.1) is 18.2 Å². The number of carbonyl (C=O) groups is 2. The van der Waals surface area contributed by atoms with Gasteiger partial charge in [0.25, 0.3) is 5.91 Å². The van der Waals surface area contributed by atoms with Gasteiger partial charge in [0.1, 0.15) is 17.6 Å². The van der Waals surface area contributed by atoms with Crippen molar-refractivity contribution in [1.82, 2.24) is 15.5 Å². The Hall–Kier alpha value is -2.35. The molecule has 1 heterocycles. The molecule has 0 radical (unpaired) electrons. The van der Waals surface area contributed by atoms with E-state index in [0.717, 1.165) is 25.7 Å². The average molecular weight is 421 g/mol. The first kappa shape index (κ1) is 23.9. The summed E-state index contributed by atoms with van der Waals surface area (Å²) in [5, 5.41) is 23.2. The first-order valence-electron chi connectivity index (χ1n) is 10.7. The second-order valence-corrected chi connectivity index (χ2v) is 9.07. The summed E-state index contributed by atoms with van der Waals surface area (Å²) in [6, 6.07) is -0.636. The molecule has 1 saturated carbocycles. The molecular weight excluding hydrogens is 384 g/mol. The Morgan fingerprint density at radius 1 is 1.40 bits per heavy atom. The standard InChI is InChI=1S/C22H36N4O4/c1-15(2)30-17-12-20(27)26(13-17)18(11-16-7-5-6-8-16)21(28)25-19(23)9-10-24-14-22(3,4)29/h9-10,12,15-16,18,24,29H,5-8,11,13-14H2,1-4H3,(H2,23,25,28)/b10-9-/t18-/m0/s1. The van der Waals surface area contributed by atoms with Crippen LogP contribution in [0.1, 0.15) is 59.8 Å². The highest BCUT2D eigenvalue weighted by Gasteiger charge is 2.36. The Kier molecular flexibility index (Phi) is 8.46. The number of amides is 2. The maximum absolute atomic E-state index is 13.0. The molecular formula is C22H36N4O4. The first-order chi connectivity index (χ1) is 14.0. The largest absolute Gasteiger partial charge is 0.493 e. The average Bonchev–Trinajstić information content (AvgIpc) is 3.24. The number of ether oxygens (including phenoxy) is 1. The van der Waals surface area contributed by atoms with E-state index >= 15 is 0 Å². The van der Waals surface area contributed by atoms with Gasteiger partial charge in [-0.05, 0) is 46.1 Å². The Morgan fingerprint density at radius 3 is 2.67 bits per heavy atom. The monoisotopic (exact) mass is 420 g/mol. The van der Waals surface area contributed by atoms with E-state index in [1.165, 1.54) is 18.4 Å². The van der Waals surface area contributed by atoms with Crippen molar-refractivity contribution in [2.75, 3.05) is 13.1 Å². The number of carbonyl (C=O) groups excluding carboxylic acids is 2. The molecule has 0 spiro atoms. The van der Waals surface area contributed by atoms with Crippen LogP contribution in [0.2, 0.25) is 0 Å². The number of hydrogen-bond donors (Lipinski definition) is 4. The Balaban J connectivity index is 2.00. The second-order valence-electron chi connectivity index (χ2n) is 9.07. The molecule has 2 rings (SSSR count). The van der Waals surface area contributed by atoms with Crippen LogP contribution in [-0.4, -0.2) is 58.5 Å². The maximum atomic E-state index is 13.0. The zero-order chi connectivity index (χ0) is 22.3. The summed E-state index contributed by atoms with van der Waals surface area (Å²) >= 11 is 0. The highest BCUT2D eigenvalue weighted by Crippen LogP contribution is 2.31. The molecule has 1 aliphatic heterocycles. The molecule has 168 valence electrons.